The smallest absolute Gasteiger partial charge is 0.173 e. The summed E-state index contributed by atoms with van der Waals surface area (Å²) < 4.78 is 54.7. The van der Waals surface area contributed by atoms with Crippen molar-refractivity contribution in [2.24, 2.45) is 5.18 Å². The third kappa shape index (κ3) is 22.8. The van der Waals surface area contributed by atoms with E-state index in [1.165, 1.54) is 18.2 Å². The second-order valence-electron chi connectivity index (χ2n) is 11.2. The average molecular weight is 756 g/mol. The topological polar surface area (TPSA) is 155 Å². The molecule has 0 radical (unpaired) electrons. The Balaban J connectivity index is 0.000000656. The lowest BCUT2D eigenvalue weighted by molar-refractivity contribution is -0.00622. The highest BCUT2D eigenvalue weighted by Gasteiger charge is 2.26. The first-order valence-corrected chi connectivity index (χ1v) is 18.1. The van der Waals surface area contributed by atoms with Crippen LogP contribution in [0, 0.1) is 38.9 Å². The predicted molar refractivity (Wildman–Crippen MR) is 204 cm³/mol. The van der Waals surface area contributed by atoms with Crippen molar-refractivity contribution in [3.8, 4) is 29.7 Å². The molecule has 0 aliphatic carbocycles. The highest BCUT2D eigenvalue weighted by Crippen LogP contribution is 2.19. The zero-order valence-electron chi connectivity index (χ0n) is 31.5. The van der Waals surface area contributed by atoms with Crippen LogP contribution in [0.5, 0.6) is 11.5 Å². The van der Waals surface area contributed by atoms with Gasteiger partial charge in [-0.25, -0.2) is 13.2 Å². The van der Waals surface area contributed by atoms with E-state index >= 15 is 0 Å². The van der Waals surface area contributed by atoms with Crippen LogP contribution in [0.2, 0.25) is 0 Å². The van der Waals surface area contributed by atoms with E-state index in [1.807, 2.05) is 45.9 Å². The van der Waals surface area contributed by atoms with Gasteiger partial charge in [0.05, 0.1) is 34.9 Å². The van der Waals surface area contributed by atoms with Gasteiger partial charge in [-0.3, -0.25) is 4.94 Å². The zero-order valence-corrected chi connectivity index (χ0v) is 31.5. The Morgan fingerprint density at radius 1 is 0.648 bits per heavy atom. The summed E-state index contributed by atoms with van der Waals surface area (Å²) in [5.74, 6) is 0.618. The van der Waals surface area contributed by atoms with E-state index in [1.54, 1.807) is 54.6 Å². The molecule has 6 rings (SSSR count). The SMILES string of the molecule is CC.CC.F[C@@H]1CCCNC1.F[C@H]1CCCNC1.N#Cc1cccc(N=O)c1.N#Cc1cccc(OF)c1.N#Cc1cccc(O[C@@H]2CCNC[C@H]2F)c1. The Labute approximate surface area is 317 Å². The first kappa shape index (κ1) is 48.9. The summed E-state index contributed by atoms with van der Waals surface area (Å²) in [5.41, 5.74) is 1.66. The van der Waals surface area contributed by atoms with Gasteiger partial charge in [-0.05, 0) is 105 Å². The van der Waals surface area contributed by atoms with Crippen LogP contribution in [0.1, 0.15) is 76.5 Å². The second-order valence-corrected chi connectivity index (χ2v) is 11.2. The van der Waals surface area contributed by atoms with E-state index in [2.05, 4.69) is 26.1 Å². The molecule has 3 saturated heterocycles. The maximum absolute atomic E-state index is 13.5. The van der Waals surface area contributed by atoms with E-state index in [9.17, 15) is 22.6 Å². The number of piperidine rings is 3. The molecule has 0 spiro atoms. The third-order valence-corrected chi connectivity index (χ3v) is 7.21. The van der Waals surface area contributed by atoms with Gasteiger partial charge in [0.1, 0.15) is 36.1 Å². The van der Waals surface area contributed by atoms with Gasteiger partial charge in [0.15, 0.2) is 5.75 Å². The van der Waals surface area contributed by atoms with Gasteiger partial charge in [-0.15, -0.1) is 4.91 Å². The number of benzene rings is 3. The summed E-state index contributed by atoms with van der Waals surface area (Å²) in [6.45, 7) is 12.2. The van der Waals surface area contributed by atoms with Crippen LogP contribution in [0.4, 0.5) is 23.4 Å². The lowest BCUT2D eigenvalue weighted by atomic mass is 10.1. The van der Waals surface area contributed by atoms with Gasteiger partial charge in [0.2, 0.25) is 0 Å². The van der Waals surface area contributed by atoms with Crippen molar-refractivity contribution >= 4 is 5.69 Å². The number of alkyl halides is 3. The van der Waals surface area contributed by atoms with Gasteiger partial charge in [-0.2, -0.15) is 15.8 Å². The summed E-state index contributed by atoms with van der Waals surface area (Å²) in [6, 6.07) is 24.7. The lowest BCUT2D eigenvalue weighted by Gasteiger charge is -2.27. The summed E-state index contributed by atoms with van der Waals surface area (Å²) in [6.07, 6.45) is 1.62. The van der Waals surface area contributed by atoms with Crippen molar-refractivity contribution in [1.82, 2.24) is 16.0 Å². The Kier molecular flexibility index (Phi) is 29.5. The number of nitrogens with one attached hydrogen (secondary N) is 3. The highest BCUT2D eigenvalue weighted by atomic mass is 19.3. The van der Waals surface area contributed by atoms with Gasteiger partial charge in [0.25, 0.3) is 0 Å². The van der Waals surface area contributed by atoms with Crippen molar-refractivity contribution in [2.45, 2.75) is 84.4 Å². The minimum absolute atomic E-state index is 0.0547. The van der Waals surface area contributed by atoms with Crippen LogP contribution in [0.25, 0.3) is 0 Å². The normalized spacial score (nSPS) is 19.2. The van der Waals surface area contributed by atoms with E-state index in [4.69, 9.17) is 20.5 Å². The first-order valence-electron chi connectivity index (χ1n) is 18.1. The molecule has 10 nitrogen and oxygen atoms in total. The number of nitriles is 3. The molecule has 4 atom stereocenters. The molecular weight excluding hydrogens is 702 g/mol. The van der Waals surface area contributed by atoms with Gasteiger partial charge < -0.3 is 20.7 Å². The number of hydrogen-bond acceptors (Lipinski definition) is 10. The van der Waals surface area contributed by atoms with Gasteiger partial charge >= 0.3 is 0 Å². The molecule has 0 amide bonds. The number of nitroso groups, excluding NO2 is 1. The maximum atomic E-state index is 13.5. The molecule has 3 N–H and O–H groups in total. The van der Waals surface area contributed by atoms with Crippen molar-refractivity contribution in [2.75, 3.05) is 39.3 Å². The minimum Gasteiger partial charge on any atom is -0.487 e. The van der Waals surface area contributed by atoms with E-state index in [0.717, 1.165) is 45.3 Å². The molecule has 0 bridgehead atoms. The van der Waals surface area contributed by atoms with Crippen LogP contribution >= 0.6 is 0 Å². The fourth-order valence-corrected chi connectivity index (χ4v) is 4.61. The largest absolute Gasteiger partial charge is 0.487 e. The molecule has 3 aromatic rings. The van der Waals surface area contributed by atoms with Crippen molar-refractivity contribution in [3.63, 3.8) is 0 Å². The highest BCUT2D eigenvalue weighted by molar-refractivity contribution is 5.44. The van der Waals surface area contributed by atoms with Crippen LogP contribution in [0.15, 0.2) is 78.0 Å². The molecule has 0 aromatic heterocycles. The molecular formula is C40H53F4N7O3. The Morgan fingerprint density at radius 3 is 1.52 bits per heavy atom. The van der Waals surface area contributed by atoms with Crippen molar-refractivity contribution in [1.29, 1.82) is 15.8 Å². The van der Waals surface area contributed by atoms with Crippen molar-refractivity contribution in [3.05, 3.63) is 94.4 Å². The number of hydrogen-bond donors (Lipinski definition) is 3. The van der Waals surface area contributed by atoms with Crippen LogP contribution in [-0.2, 0) is 0 Å². The third-order valence-electron chi connectivity index (χ3n) is 7.21. The monoisotopic (exact) mass is 755 g/mol. The van der Waals surface area contributed by atoms with E-state index in [0.29, 0.717) is 54.2 Å². The minimum atomic E-state index is -0.987. The second kappa shape index (κ2) is 32.6. The number of rotatable bonds is 4. The first-order chi connectivity index (χ1) is 26.3. The molecule has 14 heteroatoms. The van der Waals surface area contributed by atoms with E-state index in [-0.39, 0.29) is 5.75 Å². The molecule has 0 unspecified atom stereocenters. The molecule has 294 valence electrons. The summed E-state index contributed by atoms with van der Waals surface area (Å²) in [5, 5.41) is 37.0. The standard InChI is InChI=1S/C12H13FN2O.C7H4FNO.C7H4N2O.2C5H10FN.2C2H6/c13-11-8-15-5-4-12(11)16-10-3-1-2-9(6-10)7-14;8-10-7-3-1-2-6(4-7)5-9;8-5-6-2-1-3-7(4-6)9-10;2*6-5-2-1-3-7-4-5;2*1-2/h1-3,6,11-12,15H,4-5,8H2;2*1-4H;2*5,7H,1-4H2;2*1-2H3/t11-,12-;;;2*5-;;/m1..10../s1. The maximum Gasteiger partial charge on any atom is 0.173 e. The fourth-order valence-electron chi connectivity index (χ4n) is 4.61. The molecule has 3 fully saturated rings. The number of ether oxygens (including phenoxy) is 1. The molecule has 54 heavy (non-hydrogen) atoms. The quantitative estimate of drug-likeness (QED) is 0.175. The van der Waals surface area contributed by atoms with E-state index < -0.39 is 24.6 Å². The molecule has 3 aliphatic heterocycles. The number of nitrogens with zero attached hydrogens (tertiary/aromatic N) is 4. The average Bonchev–Trinajstić information content (AvgIpc) is 3.24. The zero-order chi connectivity index (χ0) is 40.4. The van der Waals surface area contributed by atoms with Crippen LogP contribution in [-0.4, -0.2) is 63.9 Å². The van der Waals surface area contributed by atoms with Gasteiger partial charge in [-0.1, -0.05) is 45.9 Å². The Bertz CT molecular complexity index is 1520. The predicted octanol–water partition coefficient (Wildman–Crippen LogP) is 8.88. The Hall–Kier alpha value is -5.07. The molecule has 0 saturated carbocycles. The molecule has 3 aromatic carbocycles. The van der Waals surface area contributed by atoms with Crippen LogP contribution in [0.3, 0.4) is 0 Å². The fraction of sp³-hybridized carbons (Fsp3) is 0.475. The molecule has 3 heterocycles. The van der Waals surface area contributed by atoms with Crippen molar-refractivity contribution < 1.29 is 27.4 Å². The van der Waals surface area contributed by atoms with Gasteiger partial charge in [0, 0.05) is 30.2 Å². The summed E-state index contributed by atoms with van der Waals surface area (Å²) in [4.78, 5) is 13.3. The summed E-state index contributed by atoms with van der Waals surface area (Å²) >= 11 is 0. The molecule has 3 aliphatic rings. The lowest BCUT2D eigenvalue weighted by Crippen LogP contribution is -2.44. The Morgan fingerprint density at radius 2 is 1.11 bits per heavy atom. The number of halogens is 4. The van der Waals surface area contributed by atoms with Crippen LogP contribution < -0.4 is 25.6 Å². The summed E-state index contributed by atoms with van der Waals surface area (Å²) in [7, 11) is 0.